The fourth-order valence-electron chi connectivity index (χ4n) is 3.02. The van der Waals surface area contributed by atoms with Crippen molar-refractivity contribution in [3.05, 3.63) is 53.1 Å². The number of hydrogen-bond donors (Lipinski definition) is 2. The predicted octanol–water partition coefficient (Wildman–Crippen LogP) is 4.12. The van der Waals surface area contributed by atoms with E-state index in [4.69, 9.17) is 25.8 Å². The van der Waals surface area contributed by atoms with E-state index in [2.05, 4.69) is 15.6 Å². The Kier molecular flexibility index (Phi) is 7.93. The van der Waals surface area contributed by atoms with Crippen LogP contribution in [0, 0.1) is 0 Å². The standard InChI is InChI=1S/C22H26ClN3O4/c1-3-29-17-9-6-15(7-10-17)21(27)26-22(24-14-18-5-4-12-30-18)25-16-8-11-20(28-2)19(23)13-16/h6-11,13,18H,3-5,12,14H2,1-2H3,(H2,24,25,26,27)/t18-/m0/s1. The molecule has 1 saturated heterocycles. The van der Waals surface area contributed by atoms with Crippen LogP contribution >= 0.6 is 11.6 Å². The number of halogens is 1. The summed E-state index contributed by atoms with van der Waals surface area (Å²) in [5.74, 6) is 1.33. The van der Waals surface area contributed by atoms with Crippen LogP contribution in [0.3, 0.4) is 0 Å². The number of hydrogen-bond acceptors (Lipinski definition) is 5. The maximum atomic E-state index is 12.7. The number of nitrogens with one attached hydrogen (secondary N) is 2. The van der Waals surface area contributed by atoms with Crippen molar-refractivity contribution in [3.63, 3.8) is 0 Å². The molecule has 3 rings (SSSR count). The molecule has 0 aromatic heterocycles. The summed E-state index contributed by atoms with van der Waals surface area (Å²) in [4.78, 5) is 17.3. The third kappa shape index (κ3) is 6.11. The van der Waals surface area contributed by atoms with Crippen molar-refractivity contribution in [2.75, 3.05) is 32.2 Å². The van der Waals surface area contributed by atoms with Gasteiger partial charge in [0.15, 0.2) is 0 Å². The highest BCUT2D eigenvalue weighted by Gasteiger charge is 2.16. The van der Waals surface area contributed by atoms with E-state index in [9.17, 15) is 4.79 Å². The molecular formula is C22H26ClN3O4. The number of carbonyl (C=O) groups excluding carboxylic acids is 1. The average molecular weight is 432 g/mol. The first-order valence-electron chi connectivity index (χ1n) is 9.90. The van der Waals surface area contributed by atoms with Gasteiger partial charge in [-0.1, -0.05) is 11.6 Å². The number of amides is 1. The molecule has 0 saturated carbocycles. The van der Waals surface area contributed by atoms with Crippen molar-refractivity contribution in [3.8, 4) is 11.5 Å². The molecular weight excluding hydrogens is 406 g/mol. The number of anilines is 1. The Hall–Kier alpha value is -2.77. The van der Waals surface area contributed by atoms with Crippen LogP contribution < -0.4 is 20.1 Å². The molecule has 0 aliphatic carbocycles. The topological polar surface area (TPSA) is 81.2 Å². The number of carbonyl (C=O) groups is 1. The van der Waals surface area contributed by atoms with Crippen LogP contribution in [0.4, 0.5) is 5.69 Å². The minimum absolute atomic E-state index is 0.0589. The fraction of sp³-hybridized carbons (Fsp3) is 0.364. The molecule has 1 atom stereocenters. The Morgan fingerprint density at radius 2 is 2.07 bits per heavy atom. The van der Waals surface area contributed by atoms with Gasteiger partial charge in [0.25, 0.3) is 5.91 Å². The Morgan fingerprint density at radius 1 is 1.27 bits per heavy atom. The third-order valence-electron chi connectivity index (χ3n) is 4.55. The minimum atomic E-state index is -0.281. The summed E-state index contributed by atoms with van der Waals surface area (Å²) in [6, 6.07) is 12.2. The smallest absolute Gasteiger partial charge is 0.257 e. The first kappa shape index (κ1) is 21.9. The number of nitrogens with zero attached hydrogens (tertiary/aromatic N) is 1. The van der Waals surface area contributed by atoms with Crippen LogP contribution in [0.1, 0.15) is 30.1 Å². The van der Waals surface area contributed by atoms with Crippen molar-refractivity contribution in [2.24, 2.45) is 4.99 Å². The second kappa shape index (κ2) is 10.8. The van der Waals surface area contributed by atoms with Crippen LogP contribution in [0.2, 0.25) is 5.02 Å². The van der Waals surface area contributed by atoms with Gasteiger partial charge in [-0.2, -0.15) is 0 Å². The van der Waals surface area contributed by atoms with Crippen molar-refractivity contribution in [1.82, 2.24) is 5.32 Å². The van der Waals surface area contributed by atoms with Gasteiger partial charge in [-0.25, -0.2) is 4.99 Å². The third-order valence-corrected chi connectivity index (χ3v) is 4.85. The van der Waals surface area contributed by atoms with Gasteiger partial charge in [-0.05, 0) is 62.2 Å². The summed E-state index contributed by atoms with van der Waals surface area (Å²) in [7, 11) is 1.56. The Morgan fingerprint density at radius 3 is 2.70 bits per heavy atom. The summed E-state index contributed by atoms with van der Waals surface area (Å²) in [5, 5.41) is 6.42. The normalized spacial score (nSPS) is 16.2. The van der Waals surface area contributed by atoms with E-state index in [0.717, 1.165) is 19.4 Å². The van der Waals surface area contributed by atoms with Crippen LogP contribution in [-0.2, 0) is 4.74 Å². The van der Waals surface area contributed by atoms with E-state index in [0.29, 0.717) is 46.9 Å². The van der Waals surface area contributed by atoms with Crippen LogP contribution in [0.5, 0.6) is 11.5 Å². The molecule has 1 amide bonds. The number of ether oxygens (including phenoxy) is 3. The maximum absolute atomic E-state index is 12.7. The molecule has 1 fully saturated rings. The highest BCUT2D eigenvalue weighted by atomic mass is 35.5. The quantitative estimate of drug-likeness (QED) is 0.509. The number of rotatable bonds is 7. The largest absolute Gasteiger partial charge is 0.495 e. The van der Waals surface area contributed by atoms with Gasteiger partial charge in [0.05, 0.1) is 31.4 Å². The van der Waals surface area contributed by atoms with Crippen molar-refractivity contribution in [1.29, 1.82) is 0 Å². The molecule has 7 nitrogen and oxygen atoms in total. The van der Waals surface area contributed by atoms with Gasteiger partial charge in [0.2, 0.25) is 5.96 Å². The average Bonchev–Trinajstić information content (AvgIpc) is 3.26. The van der Waals surface area contributed by atoms with E-state index in [1.54, 1.807) is 49.6 Å². The minimum Gasteiger partial charge on any atom is -0.495 e. The van der Waals surface area contributed by atoms with E-state index in [-0.39, 0.29) is 12.0 Å². The van der Waals surface area contributed by atoms with E-state index in [1.807, 2.05) is 6.92 Å². The molecule has 8 heteroatoms. The van der Waals surface area contributed by atoms with Gasteiger partial charge >= 0.3 is 0 Å². The van der Waals surface area contributed by atoms with Crippen LogP contribution in [0.15, 0.2) is 47.5 Å². The second-order valence-corrected chi connectivity index (χ2v) is 7.12. The SMILES string of the molecule is CCOc1ccc(C(=O)NC(=NC[C@@H]2CCCO2)Nc2ccc(OC)c(Cl)c2)cc1. The van der Waals surface area contributed by atoms with Crippen molar-refractivity contribution >= 4 is 29.2 Å². The molecule has 0 unspecified atom stereocenters. The lowest BCUT2D eigenvalue weighted by Crippen LogP contribution is -2.36. The number of methoxy groups -OCH3 is 1. The van der Waals surface area contributed by atoms with Gasteiger partial charge in [-0.3, -0.25) is 10.1 Å². The van der Waals surface area contributed by atoms with E-state index in [1.165, 1.54) is 0 Å². The second-order valence-electron chi connectivity index (χ2n) is 6.71. The van der Waals surface area contributed by atoms with E-state index < -0.39 is 0 Å². The van der Waals surface area contributed by atoms with Crippen LogP contribution in [0.25, 0.3) is 0 Å². The Labute approximate surface area is 181 Å². The molecule has 1 heterocycles. The molecule has 30 heavy (non-hydrogen) atoms. The predicted molar refractivity (Wildman–Crippen MR) is 118 cm³/mol. The summed E-state index contributed by atoms with van der Waals surface area (Å²) in [5.41, 5.74) is 1.18. The lowest BCUT2D eigenvalue weighted by Gasteiger charge is -2.14. The van der Waals surface area contributed by atoms with Crippen molar-refractivity contribution in [2.45, 2.75) is 25.9 Å². The van der Waals surface area contributed by atoms with E-state index >= 15 is 0 Å². The maximum Gasteiger partial charge on any atom is 0.257 e. The molecule has 2 N–H and O–H groups in total. The van der Waals surface area contributed by atoms with Gasteiger partial charge in [-0.15, -0.1) is 0 Å². The zero-order valence-corrected chi connectivity index (χ0v) is 17.9. The molecule has 160 valence electrons. The Bertz CT molecular complexity index is 880. The van der Waals surface area contributed by atoms with Gasteiger partial charge in [0.1, 0.15) is 11.5 Å². The molecule has 0 bridgehead atoms. The zero-order valence-electron chi connectivity index (χ0n) is 17.1. The molecule has 2 aromatic rings. The first-order valence-corrected chi connectivity index (χ1v) is 10.3. The summed E-state index contributed by atoms with van der Waals surface area (Å²) in [6.45, 7) is 3.68. The van der Waals surface area contributed by atoms with Gasteiger partial charge in [0, 0.05) is 17.9 Å². The summed E-state index contributed by atoms with van der Waals surface area (Å²) >= 11 is 6.21. The number of benzene rings is 2. The molecule has 0 spiro atoms. The lowest BCUT2D eigenvalue weighted by molar-refractivity contribution is 0.0975. The molecule has 1 aliphatic heterocycles. The Balaban J connectivity index is 1.73. The zero-order chi connectivity index (χ0) is 21.3. The highest BCUT2D eigenvalue weighted by Crippen LogP contribution is 2.27. The molecule has 0 radical (unpaired) electrons. The first-order chi connectivity index (χ1) is 14.6. The molecule has 2 aromatic carbocycles. The lowest BCUT2D eigenvalue weighted by atomic mass is 10.2. The summed E-state index contributed by atoms with van der Waals surface area (Å²) < 4.78 is 16.2. The highest BCUT2D eigenvalue weighted by molar-refractivity contribution is 6.32. The fourth-order valence-corrected chi connectivity index (χ4v) is 3.28. The monoisotopic (exact) mass is 431 g/mol. The van der Waals surface area contributed by atoms with Crippen molar-refractivity contribution < 1.29 is 19.0 Å². The van der Waals surface area contributed by atoms with Gasteiger partial charge < -0.3 is 19.5 Å². The number of guanidine groups is 1. The van der Waals surface area contributed by atoms with Crippen LogP contribution in [-0.4, -0.2) is 44.8 Å². The summed E-state index contributed by atoms with van der Waals surface area (Å²) in [6.07, 6.45) is 2.04. The molecule has 1 aliphatic rings. The number of aliphatic imine (C=N–C) groups is 1.